The molecule has 0 amide bonds. The van der Waals surface area contributed by atoms with Crippen LogP contribution in [0.4, 0.5) is 0 Å². The average Bonchev–Trinajstić information content (AvgIpc) is 3.46. The lowest BCUT2D eigenvalue weighted by Crippen LogP contribution is -2.21. The first-order chi connectivity index (χ1) is 13.0. The Morgan fingerprint density at radius 1 is 1.19 bits per heavy atom. The number of fused-ring (bicyclic) bond motifs is 1. The number of hydrogen-bond acceptors (Lipinski definition) is 4. The summed E-state index contributed by atoms with van der Waals surface area (Å²) in [6, 6.07) is 5.57. The maximum atomic E-state index is 13.3. The normalized spacial score (nSPS) is 13.9. The highest BCUT2D eigenvalue weighted by Crippen LogP contribution is 2.37. The van der Waals surface area contributed by atoms with Crippen LogP contribution in [0.25, 0.3) is 22.0 Å². The lowest BCUT2D eigenvalue weighted by molar-refractivity contribution is 0.0977. The van der Waals surface area contributed by atoms with Gasteiger partial charge in [-0.15, -0.1) is 0 Å². The third-order valence-electron chi connectivity index (χ3n) is 4.96. The zero-order chi connectivity index (χ0) is 19.1. The van der Waals surface area contributed by atoms with Crippen LogP contribution in [0, 0.1) is 6.92 Å². The minimum absolute atomic E-state index is 0.0277. The van der Waals surface area contributed by atoms with Crippen LogP contribution in [0.15, 0.2) is 35.4 Å². The van der Waals surface area contributed by atoms with Crippen molar-refractivity contribution in [1.82, 2.24) is 14.5 Å². The van der Waals surface area contributed by atoms with Gasteiger partial charge in [-0.05, 0) is 49.9 Å². The molecule has 4 rings (SSSR count). The Morgan fingerprint density at radius 3 is 2.63 bits per heavy atom. The molecular weight excluding hydrogens is 362 g/mol. The highest BCUT2D eigenvalue weighted by atomic mass is 35.5. The fraction of sp³-hybridized carbons (Fsp3) is 0.333. The SMILES string of the molecule is CCCC(=O)c1cc(C)c(-c2cc3cnc(Cl)cc3n(C3CC3)c2=O)cn1. The van der Waals surface area contributed by atoms with E-state index in [1.807, 2.05) is 24.5 Å². The predicted octanol–water partition coefficient (Wildman–Crippen LogP) is 4.74. The van der Waals surface area contributed by atoms with E-state index >= 15 is 0 Å². The molecule has 0 spiro atoms. The minimum Gasteiger partial charge on any atom is -0.305 e. The van der Waals surface area contributed by atoms with Crippen LogP contribution in [-0.2, 0) is 0 Å². The van der Waals surface area contributed by atoms with E-state index in [2.05, 4.69) is 9.97 Å². The number of aryl methyl sites for hydroxylation is 1. The van der Waals surface area contributed by atoms with Crippen molar-refractivity contribution in [1.29, 1.82) is 0 Å². The second kappa shape index (κ2) is 6.89. The number of halogens is 1. The van der Waals surface area contributed by atoms with Crippen LogP contribution in [0.5, 0.6) is 0 Å². The van der Waals surface area contributed by atoms with Crippen molar-refractivity contribution < 1.29 is 4.79 Å². The first-order valence-electron chi connectivity index (χ1n) is 9.20. The van der Waals surface area contributed by atoms with Crippen molar-refractivity contribution in [2.45, 2.75) is 45.6 Å². The van der Waals surface area contributed by atoms with Gasteiger partial charge in [0.1, 0.15) is 10.8 Å². The van der Waals surface area contributed by atoms with Crippen molar-refractivity contribution in [3.8, 4) is 11.1 Å². The molecule has 1 fully saturated rings. The number of hydrogen-bond donors (Lipinski definition) is 0. The summed E-state index contributed by atoms with van der Waals surface area (Å²) in [5.41, 5.74) is 3.41. The number of ketones is 1. The summed E-state index contributed by atoms with van der Waals surface area (Å²) in [7, 11) is 0. The third-order valence-corrected chi connectivity index (χ3v) is 5.17. The average molecular weight is 382 g/mol. The van der Waals surface area contributed by atoms with Crippen molar-refractivity contribution >= 4 is 28.3 Å². The van der Waals surface area contributed by atoms with E-state index in [-0.39, 0.29) is 17.4 Å². The monoisotopic (exact) mass is 381 g/mol. The smallest absolute Gasteiger partial charge is 0.259 e. The molecule has 0 aliphatic heterocycles. The summed E-state index contributed by atoms with van der Waals surface area (Å²) >= 11 is 6.05. The maximum Gasteiger partial charge on any atom is 0.259 e. The number of rotatable bonds is 5. The standard InChI is InChI=1S/C21H20ClN3O2/c1-3-4-19(26)17-7-12(2)16(11-23-17)15-8-13-10-24-20(22)9-18(13)25(21(15)27)14-5-6-14/h7-11,14H,3-6H2,1-2H3. The largest absolute Gasteiger partial charge is 0.305 e. The molecule has 0 N–H and O–H groups in total. The van der Waals surface area contributed by atoms with E-state index in [1.165, 1.54) is 0 Å². The zero-order valence-electron chi connectivity index (χ0n) is 15.3. The van der Waals surface area contributed by atoms with Gasteiger partial charge in [-0.3, -0.25) is 14.6 Å². The van der Waals surface area contributed by atoms with Crippen LogP contribution in [-0.4, -0.2) is 20.3 Å². The molecule has 3 aromatic rings. The molecule has 138 valence electrons. The highest BCUT2D eigenvalue weighted by molar-refractivity contribution is 6.30. The molecule has 1 saturated carbocycles. The predicted molar refractivity (Wildman–Crippen MR) is 106 cm³/mol. The summed E-state index contributed by atoms with van der Waals surface area (Å²) in [5, 5.41) is 1.24. The van der Waals surface area contributed by atoms with Crippen LogP contribution < -0.4 is 5.56 Å². The van der Waals surface area contributed by atoms with Crippen molar-refractivity contribution in [2.24, 2.45) is 0 Å². The quantitative estimate of drug-likeness (QED) is 0.473. The number of Topliss-reactive ketones (excluding diaryl/α,β-unsaturated/α-hetero) is 1. The first kappa shape index (κ1) is 17.9. The highest BCUT2D eigenvalue weighted by Gasteiger charge is 2.28. The van der Waals surface area contributed by atoms with Crippen LogP contribution >= 0.6 is 11.6 Å². The van der Waals surface area contributed by atoms with Gasteiger partial charge in [-0.1, -0.05) is 18.5 Å². The third kappa shape index (κ3) is 3.28. The molecule has 27 heavy (non-hydrogen) atoms. The first-order valence-corrected chi connectivity index (χ1v) is 9.58. The van der Waals surface area contributed by atoms with Crippen molar-refractivity contribution in [3.05, 3.63) is 57.4 Å². The van der Waals surface area contributed by atoms with Gasteiger partial charge in [0.2, 0.25) is 0 Å². The number of carbonyl (C=O) groups is 1. The molecule has 0 atom stereocenters. The molecule has 0 radical (unpaired) electrons. The molecule has 1 aliphatic carbocycles. The fourth-order valence-corrected chi connectivity index (χ4v) is 3.59. The molecule has 0 bridgehead atoms. The molecule has 5 nitrogen and oxygen atoms in total. The molecule has 1 aliphatic rings. The van der Waals surface area contributed by atoms with Gasteiger partial charge in [-0.25, -0.2) is 4.98 Å². The topological polar surface area (TPSA) is 64.8 Å². The number of aromatic nitrogens is 3. The van der Waals surface area contributed by atoms with E-state index in [9.17, 15) is 9.59 Å². The molecular formula is C21H20ClN3O2. The van der Waals surface area contributed by atoms with E-state index < -0.39 is 0 Å². The fourth-order valence-electron chi connectivity index (χ4n) is 3.44. The van der Waals surface area contributed by atoms with Gasteiger partial charge >= 0.3 is 0 Å². The molecule has 0 aromatic carbocycles. The Kier molecular flexibility index (Phi) is 4.56. The number of carbonyl (C=O) groups excluding carboxylic acids is 1. The molecule has 0 unspecified atom stereocenters. The van der Waals surface area contributed by atoms with E-state index in [0.29, 0.717) is 22.8 Å². The van der Waals surface area contributed by atoms with Crippen LogP contribution in [0.3, 0.4) is 0 Å². The van der Waals surface area contributed by atoms with Crippen molar-refractivity contribution in [3.63, 3.8) is 0 Å². The summed E-state index contributed by atoms with van der Waals surface area (Å²) in [6.45, 7) is 3.87. The van der Waals surface area contributed by atoms with Crippen molar-refractivity contribution in [2.75, 3.05) is 0 Å². The van der Waals surface area contributed by atoms with E-state index in [1.54, 1.807) is 24.5 Å². The maximum absolute atomic E-state index is 13.3. The summed E-state index contributed by atoms with van der Waals surface area (Å²) < 4.78 is 1.83. The van der Waals surface area contributed by atoms with E-state index in [0.717, 1.165) is 41.3 Å². The van der Waals surface area contributed by atoms with Gasteiger partial charge in [-0.2, -0.15) is 0 Å². The lowest BCUT2D eigenvalue weighted by atomic mass is 10.0. The van der Waals surface area contributed by atoms with Gasteiger partial charge in [0.25, 0.3) is 5.56 Å². The Bertz CT molecular complexity index is 1120. The van der Waals surface area contributed by atoms with Gasteiger partial charge in [0.05, 0.1) is 5.52 Å². The Labute approximate surface area is 162 Å². The minimum atomic E-state index is -0.0511. The molecule has 0 saturated heterocycles. The second-order valence-electron chi connectivity index (χ2n) is 7.09. The summed E-state index contributed by atoms with van der Waals surface area (Å²) in [6.07, 6.45) is 6.57. The van der Waals surface area contributed by atoms with Gasteiger partial charge in [0, 0.05) is 41.4 Å². The van der Waals surface area contributed by atoms with Gasteiger partial charge < -0.3 is 4.57 Å². The molecule has 3 heterocycles. The second-order valence-corrected chi connectivity index (χ2v) is 7.48. The summed E-state index contributed by atoms with van der Waals surface area (Å²) in [5.74, 6) is 0.0277. The lowest BCUT2D eigenvalue weighted by Gasteiger charge is -2.14. The molecule has 6 heteroatoms. The van der Waals surface area contributed by atoms with Crippen LogP contribution in [0.2, 0.25) is 5.15 Å². The zero-order valence-corrected chi connectivity index (χ0v) is 16.1. The molecule has 3 aromatic heterocycles. The number of nitrogens with zero attached hydrogens (tertiary/aromatic N) is 3. The Balaban J connectivity index is 1.90. The summed E-state index contributed by atoms with van der Waals surface area (Å²) in [4.78, 5) is 33.9. The van der Waals surface area contributed by atoms with Crippen LogP contribution in [0.1, 0.15) is 54.7 Å². The van der Waals surface area contributed by atoms with E-state index in [4.69, 9.17) is 11.6 Å². The van der Waals surface area contributed by atoms with Gasteiger partial charge in [0.15, 0.2) is 5.78 Å². The Morgan fingerprint density at radius 2 is 1.96 bits per heavy atom. The Hall–Kier alpha value is -2.53. The number of pyridine rings is 3.